The van der Waals surface area contributed by atoms with Crippen LogP contribution in [0.15, 0.2) is 77.8 Å². The molecule has 3 nitrogen and oxygen atoms in total. The molecule has 0 atom stereocenters. The predicted molar refractivity (Wildman–Crippen MR) is 124 cm³/mol. The Labute approximate surface area is 178 Å². The summed E-state index contributed by atoms with van der Waals surface area (Å²) in [7, 11) is 0. The van der Waals surface area contributed by atoms with E-state index in [1.54, 1.807) is 0 Å². The van der Waals surface area contributed by atoms with Crippen molar-refractivity contribution in [2.24, 2.45) is 4.99 Å². The van der Waals surface area contributed by atoms with E-state index in [1.807, 2.05) is 30.3 Å². The molecule has 4 heteroatoms. The molecule has 0 bridgehead atoms. The Morgan fingerprint density at radius 1 is 0.793 bits per heavy atom. The van der Waals surface area contributed by atoms with Crippen LogP contribution in [0.2, 0.25) is 5.02 Å². The van der Waals surface area contributed by atoms with Gasteiger partial charge in [0.25, 0.3) is 0 Å². The number of rotatable bonds is 3. The Morgan fingerprint density at radius 2 is 1.48 bits per heavy atom. The minimum atomic E-state index is 0.676. The van der Waals surface area contributed by atoms with Gasteiger partial charge in [0.15, 0.2) is 0 Å². The van der Waals surface area contributed by atoms with Crippen LogP contribution < -0.4 is 4.90 Å². The van der Waals surface area contributed by atoms with Crippen LogP contribution in [-0.2, 0) is 0 Å². The zero-order valence-electron chi connectivity index (χ0n) is 17.0. The summed E-state index contributed by atoms with van der Waals surface area (Å²) in [4.78, 5) is 9.83. The number of aliphatic imine (C=N–C) groups is 1. The van der Waals surface area contributed by atoms with E-state index in [2.05, 4.69) is 66.1 Å². The minimum absolute atomic E-state index is 0.676. The summed E-state index contributed by atoms with van der Waals surface area (Å²) in [5.41, 5.74) is 5.98. The number of nitrogens with zero attached hydrogens (tertiary/aromatic N) is 3. The van der Waals surface area contributed by atoms with Crippen molar-refractivity contribution >= 4 is 28.8 Å². The van der Waals surface area contributed by atoms with Crippen molar-refractivity contribution in [3.63, 3.8) is 0 Å². The van der Waals surface area contributed by atoms with Crippen LogP contribution in [-0.4, -0.2) is 36.9 Å². The molecule has 29 heavy (non-hydrogen) atoms. The van der Waals surface area contributed by atoms with Gasteiger partial charge in [-0.15, -0.1) is 0 Å². The van der Waals surface area contributed by atoms with Crippen LogP contribution in [0.3, 0.4) is 0 Å². The van der Waals surface area contributed by atoms with Gasteiger partial charge in [-0.3, -0.25) is 0 Å². The highest BCUT2D eigenvalue weighted by atomic mass is 35.5. The maximum atomic E-state index is 6.40. The van der Waals surface area contributed by atoms with E-state index in [4.69, 9.17) is 16.6 Å². The molecule has 1 heterocycles. The monoisotopic (exact) mass is 403 g/mol. The van der Waals surface area contributed by atoms with E-state index in [0.29, 0.717) is 5.02 Å². The number of hydrogen-bond donors (Lipinski definition) is 0. The minimum Gasteiger partial charge on any atom is -0.368 e. The molecule has 0 aliphatic carbocycles. The van der Waals surface area contributed by atoms with Gasteiger partial charge in [0, 0.05) is 37.4 Å². The lowest BCUT2D eigenvalue weighted by molar-refractivity contribution is 0.386. The molecular formula is C25H26ClN3. The zero-order chi connectivity index (χ0) is 20.2. The second kappa shape index (κ2) is 8.71. The second-order valence-corrected chi connectivity index (χ2v) is 7.85. The highest BCUT2D eigenvalue weighted by Gasteiger charge is 2.22. The van der Waals surface area contributed by atoms with Crippen LogP contribution in [0.25, 0.3) is 0 Å². The van der Waals surface area contributed by atoms with E-state index in [1.165, 1.54) is 16.8 Å². The Bertz CT molecular complexity index is 1010. The lowest BCUT2D eigenvalue weighted by Gasteiger charge is -2.38. The van der Waals surface area contributed by atoms with Crippen molar-refractivity contribution in [2.45, 2.75) is 13.8 Å². The molecule has 148 valence electrons. The second-order valence-electron chi connectivity index (χ2n) is 7.45. The number of benzene rings is 3. The summed E-state index contributed by atoms with van der Waals surface area (Å²) in [6, 6.07) is 24.7. The van der Waals surface area contributed by atoms with Gasteiger partial charge < -0.3 is 9.80 Å². The third kappa shape index (κ3) is 4.30. The third-order valence-electron chi connectivity index (χ3n) is 5.61. The molecule has 0 aromatic heterocycles. The molecule has 0 spiro atoms. The molecule has 3 aromatic carbocycles. The maximum Gasteiger partial charge on any atom is 0.136 e. The number of aryl methyl sites for hydroxylation is 1. The Kier molecular flexibility index (Phi) is 5.86. The third-order valence-corrected chi connectivity index (χ3v) is 5.93. The van der Waals surface area contributed by atoms with Gasteiger partial charge in [-0.1, -0.05) is 66.2 Å². The van der Waals surface area contributed by atoms with Crippen LogP contribution in [0.1, 0.15) is 16.7 Å². The van der Waals surface area contributed by atoms with E-state index in [-0.39, 0.29) is 0 Å². The maximum absolute atomic E-state index is 6.40. The number of para-hydroxylation sites is 1. The quantitative estimate of drug-likeness (QED) is 0.403. The molecule has 4 rings (SSSR count). The smallest absolute Gasteiger partial charge is 0.136 e. The average Bonchev–Trinajstić information content (AvgIpc) is 2.76. The van der Waals surface area contributed by atoms with Crippen molar-refractivity contribution in [1.82, 2.24) is 4.90 Å². The molecule has 0 radical (unpaired) electrons. The first-order chi connectivity index (χ1) is 14.1. The molecule has 1 fully saturated rings. The fraction of sp³-hybridized carbons (Fsp3) is 0.240. The first kappa shape index (κ1) is 19.5. The van der Waals surface area contributed by atoms with E-state index in [9.17, 15) is 0 Å². The van der Waals surface area contributed by atoms with Crippen molar-refractivity contribution in [1.29, 1.82) is 0 Å². The fourth-order valence-corrected chi connectivity index (χ4v) is 3.98. The van der Waals surface area contributed by atoms with Crippen LogP contribution in [0.5, 0.6) is 0 Å². The van der Waals surface area contributed by atoms with Crippen LogP contribution in [0, 0.1) is 13.8 Å². The molecule has 1 aliphatic heterocycles. The fourth-order valence-electron chi connectivity index (χ4n) is 3.80. The summed E-state index contributed by atoms with van der Waals surface area (Å²) in [5, 5.41) is 0.676. The van der Waals surface area contributed by atoms with Gasteiger partial charge in [0.2, 0.25) is 0 Å². The summed E-state index contributed by atoms with van der Waals surface area (Å²) >= 11 is 6.40. The highest BCUT2D eigenvalue weighted by Crippen LogP contribution is 2.27. The van der Waals surface area contributed by atoms with Gasteiger partial charge in [-0.05, 0) is 43.2 Å². The lowest BCUT2D eigenvalue weighted by Crippen LogP contribution is -2.49. The van der Waals surface area contributed by atoms with Gasteiger partial charge >= 0.3 is 0 Å². The normalized spacial score (nSPS) is 14.9. The average molecular weight is 404 g/mol. The molecule has 0 amide bonds. The molecule has 1 aliphatic rings. The van der Waals surface area contributed by atoms with E-state index < -0.39 is 0 Å². The van der Waals surface area contributed by atoms with Gasteiger partial charge in [-0.25, -0.2) is 4.99 Å². The summed E-state index contributed by atoms with van der Waals surface area (Å²) in [6.07, 6.45) is 0. The predicted octanol–water partition coefficient (Wildman–Crippen LogP) is 5.86. The van der Waals surface area contributed by atoms with Gasteiger partial charge in [0.05, 0.1) is 10.7 Å². The topological polar surface area (TPSA) is 18.8 Å². The number of piperazine rings is 1. The van der Waals surface area contributed by atoms with E-state index >= 15 is 0 Å². The molecule has 3 aromatic rings. The summed E-state index contributed by atoms with van der Waals surface area (Å²) in [5.74, 6) is 0.985. The lowest BCUT2D eigenvalue weighted by atomic mass is 10.1. The first-order valence-corrected chi connectivity index (χ1v) is 10.5. The summed E-state index contributed by atoms with van der Waals surface area (Å²) in [6.45, 7) is 8.18. The molecule has 0 unspecified atom stereocenters. The Morgan fingerprint density at radius 3 is 2.21 bits per heavy atom. The number of anilines is 1. The SMILES string of the molecule is Cc1cccc(N2CCN(C(=Nc3ccccc3Cl)c3ccccc3)CC2)c1C. The van der Waals surface area contributed by atoms with Crippen molar-refractivity contribution in [3.8, 4) is 0 Å². The van der Waals surface area contributed by atoms with Crippen molar-refractivity contribution in [2.75, 3.05) is 31.1 Å². The summed E-state index contributed by atoms with van der Waals surface area (Å²) < 4.78 is 0. The van der Waals surface area contributed by atoms with Crippen molar-refractivity contribution in [3.05, 3.63) is 94.5 Å². The molecule has 0 N–H and O–H groups in total. The number of halogens is 1. The molecular weight excluding hydrogens is 378 g/mol. The van der Waals surface area contributed by atoms with Crippen LogP contribution in [0.4, 0.5) is 11.4 Å². The molecule has 0 saturated carbocycles. The zero-order valence-corrected chi connectivity index (χ0v) is 17.7. The van der Waals surface area contributed by atoms with E-state index in [0.717, 1.165) is 43.3 Å². The number of amidine groups is 1. The number of hydrogen-bond acceptors (Lipinski definition) is 2. The first-order valence-electron chi connectivity index (χ1n) is 10.1. The Hall–Kier alpha value is -2.78. The largest absolute Gasteiger partial charge is 0.368 e. The van der Waals surface area contributed by atoms with Crippen LogP contribution >= 0.6 is 11.6 Å². The van der Waals surface area contributed by atoms with Gasteiger partial charge in [0.1, 0.15) is 5.84 Å². The molecule has 1 saturated heterocycles. The Balaban J connectivity index is 1.60. The van der Waals surface area contributed by atoms with Crippen molar-refractivity contribution < 1.29 is 0 Å². The highest BCUT2D eigenvalue weighted by molar-refractivity contribution is 6.33. The van der Waals surface area contributed by atoms with Gasteiger partial charge in [-0.2, -0.15) is 0 Å². The standard InChI is InChI=1S/C25H26ClN3/c1-19-9-8-14-24(20(19)2)28-15-17-29(18-16-28)25(21-10-4-3-5-11-21)27-23-13-7-6-12-22(23)26/h3-14H,15-18H2,1-2H3.